The summed E-state index contributed by atoms with van der Waals surface area (Å²) in [4.78, 5) is 10.0. The fourth-order valence-corrected chi connectivity index (χ4v) is 1.07. The fraction of sp³-hybridized carbons (Fsp3) is 0.800. The molecule has 0 amide bonds. The van der Waals surface area contributed by atoms with Crippen molar-refractivity contribution in [3.05, 3.63) is 0 Å². The lowest BCUT2D eigenvalue weighted by Gasteiger charge is -2.02. The van der Waals surface area contributed by atoms with Crippen molar-refractivity contribution in [1.82, 2.24) is 0 Å². The number of nitrogens with two attached hydrogens (primary N) is 1. The van der Waals surface area contributed by atoms with Crippen molar-refractivity contribution < 1.29 is 23.1 Å². The van der Waals surface area contributed by atoms with Gasteiger partial charge in [0.05, 0.1) is 11.8 Å². The van der Waals surface area contributed by atoms with E-state index in [4.69, 9.17) is 10.8 Å². The highest BCUT2D eigenvalue weighted by Crippen LogP contribution is 2.48. The molecule has 0 spiro atoms. The third kappa shape index (κ3) is 1.30. The van der Waals surface area contributed by atoms with Gasteiger partial charge in [-0.3, -0.25) is 4.79 Å². The molecule has 3 atom stereocenters. The second-order valence-electron chi connectivity index (χ2n) is 2.51. The topological polar surface area (TPSA) is 63.3 Å². The van der Waals surface area contributed by atoms with Crippen molar-refractivity contribution in [3.8, 4) is 0 Å². The number of rotatable bonds is 1. The average Bonchev–Trinajstić information content (AvgIpc) is 2.38. The molecule has 0 unspecified atom stereocenters. The second kappa shape index (κ2) is 2.10. The van der Waals surface area contributed by atoms with Crippen LogP contribution >= 0.6 is 0 Å². The third-order valence-electron chi connectivity index (χ3n) is 1.74. The van der Waals surface area contributed by atoms with Gasteiger partial charge in [0.1, 0.15) is 0 Å². The number of aliphatic carboxylic acids is 1. The minimum Gasteiger partial charge on any atom is -0.481 e. The van der Waals surface area contributed by atoms with Gasteiger partial charge in [0.15, 0.2) is 0 Å². The number of carbonyl (C=O) groups is 1. The molecule has 0 aromatic rings. The number of carboxylic acid groups (broad SMARTS) is 1. The maximum Gasteiger partial charge on any atom is 0.394 e. The minimum atomic E-state index is -4.47. The van der Waals surface area contributed by atoms with E-state index in [1.807, 2.05) is 0 Å². The van der Waals surface area contributed by atoms with Gasteiger partial charge in [0.25, 0.3) is 0 Å². The predicted octanol–water partition coefficient (Wildman–Crippen LogP) is 0.207. The third-order valence-corrected chi connectivity index (χ3v) is 1.74. The molecule has 3 nitrogen and oxygen atoms in total. The Labute approximate surface area is 60.0 Å². The van der Waals surface area contributed by atoms with Gasteiger partial charge in [-0.1, -0.05) is 0 Å². The van der Waals surface area contributed by atoms with Gasteiger partial charge in [0, 0.05) is 6.04 Å². The first-order chi connectivity index (χ1) is 4.85. The number of hydrogen-bond acceptors (Lipinski definition) is 2. The lowest BCUT2D eigenvalue weighted by molar-refractivity contribution is -0.160. The maximum atomic E-state index is 11.8. The Hall–Kier alpha value is -0.780. The first kappa shape index (κ1) is 8.32. The smallest absolute Gasteiger partial charge is 0.394 e. The fourth-order valence-electron chi connectivity index (χ4n) is 1.07. The highest BCUT2D eigenvalue weighted by molar-refractivity contribution is 5.75. The van der Waals surface area contributed by atoms with E-state index in [9.17, 15) is 18.0 Å². The molecule has 0 aromatic heterocycles. The van der Waals surface area contributed by atoms with Gasteiger partial charge < -0.3 is 10.8 Å². The monoisotopic (exact) mass is 169 g/mol. The van der Waals surface area contributed by atoms with E-state index in [1.165, 1.54) is 0 Å². The normalized spacial score (nSPS) is 36.9. The minimum absolute atomic E-state index is 1.26. The van der Waals surface area contributed by atoms with Crippen LogP contribution in [0.1, 0.15) is 0 Å². The first-order valence-corrected chi connectivity index (χ1v) is 2.91. The summed E-state index contributed by atoms with van der Waals surface area (Å²) in [5.74, 6) is -4.75. The Balaban J connectivity index is 2.62. The van der Waals surface area contributed by atoms with Crippen LogP contribution < -0.4 is 5.73 Å². The van der Waals surface area contributed by atoms with Crippen LogP contribution in [0.15, 0.2) is 0 Å². The van der Waals surface area contributed by atoms with Gasteiger partial charge in [0.2, 0.25) is 0 Å². The zero-order chi connectivity index (χ0) is 8.81. The molecule has 3 N–H and O–H groups in total. The summed E-state index contributed by atoms with van der Waals surface area (Å²) in [5, 5.41) is 8.18. The van der Waals surface area contributed by atoms with Crippen LogP contribution in [0.25, 0.3) is 0 Å². The Morgan fingerprint density at radius 2 is 1.91 bits per heavy atom. The van der Waals surface area contributed by atoms with E-state index in [0.29, 0.717) is 0 Å². The van der Waals surface area contributed by atoms with Crippen LogP contribution in [0.2, 0.25) is 0 Å². The number of carboxylic acids is 1. The summed E-state index contributed by atoms with van der Waals surface area (Å²) < 4.78 is 35.3. The summed E-state index contributed by atoms with van der Waals surface area (Å²) in [6.07, 6.45) is -4.47. The molecular weight excluding hydrogens is 163 g/mol. The molecule has 11 heavy (non-hydrogen) atoms. The number of halogens is 3. The molecule has 1 aliphatic carbocycles. The van der Waals surface area contributed by atoms with Crippen molar-refractivity contribution in [3.63, 3.8) is 0 Å². The lowest BCUT2D eigenvalue weighted by Crippen LogP contribution is -2.17. The lowest BCUT2D eigenvalue weighted by atomic mass is 10.3. The molecule has 0 bridgehead atoms. The second-order valence-corrected chi connectivity index (χ2v) is 2.51. The van der Waals surface area contributed by atoms with Crippen LogP contribution in [0, 0.1) is 11.8 Å². The van der Waals surface area contributed by atoms with Crippen LogP contribution in [0.4, 0.5) is 13.2 Å². The Morgan fingerprint density at radius 1 is 1.45 bits per heavy atom. The van der Waals surface area contributed by atoms with Crippen molar-refractivity contribution in [2.24, 2.45) is 17.6 Å². The Morgan fingerprint density at radius 3 is 2.00 bits per heavy atom. The molecular formula is C5H6F3NO2. The van der Waals surface area contributed by atoms with Crippen molar-refractivity contribution >= 4 is 5.97 Å². The van der Waals surface area contributed by atoms with E-state index in [1.54, 1.807) is 0 Å². The summed E-state index contributed by atoms with van der Waals surface area (Å²) in [7, 11) is 0. The van der Waals surface area contributed by atoms with Gasteiger partial charge in [-0.15, -0.1) is 0 Å². The maximum absolute atomic E-state index is 11.8. The molecule has 64 valence electrons. The van der Waals surface area contributed by atoms with Crippen molar-refractivity contribution in [1.29, 1.82) is 0 Å². The zero-order valence-electron chi connectivity index (χ0n) is 5.30. The summed E-state index contributed by atoms with van der Waals surface area (Å²) in [5.41, 5.74) is 4.90. The van der Waals surface area contributed by atoms with Crippen LogP contribution in [0.5, 0.6) is 0 Å². The highest BCUT2D eigenvalue weighted by atomic mass is 19.4. The van der Waals surface area contributed by atoms with E-state index < -0.39 is 30.0 Å². The Bertz CT molecular complexity index is 191. The summed E-state index contributed by atoms with van der Waals surface area (Å²) in [6.45, 7) is 0. The molecule has 6 heteroatoms. The Kier molecular flexibility index (Phi) is 1.59. The van der Waals surface area contributed by atoms with E-state index in [-0.39, 0.29) is 0 Å². The van der Waals surface area contributed by atoms with Gasteiger partial charge >= 0.3 is 12.1 Å². The highest BCUT2D eigenvalue weighted by Gasteiger charge is 2.66. The number of hydrogen-bond donors (Lipinski definition) is 2. The van der Waals surface area contributed by atoms with E-state index >= 15 is 0 Å². The van der Waals surface area contributed by atoms with Crippen molar-refractivity contribution in [2.75, 3.05) is 0 Å². The molecule has 0 aliphatic heterocycles. The number of alkyl halides is 3. The van der Waals surface area contributed by atoms with Crippen LogP contribution in [-0.4, -0.2) is 23.3 Å². The zero-order valence-corrected chi connectivity index (χ0v) is 5.30. The molecule has 0 saturated heterocycles. The van der Waals surface area contributed by atoms with E-state index in [2.05, 4.69) is 0 Å². The van der Waals surface area contributed by atoms with Gasteiger partial charge in [-0.25, -0.2) is 0 Å². The first-order valence-electron chi connectivity index (χ1n) is 2.91. The predicted molar refractivity (Wildman–Crippen MR) is 28.6 cm³/mol. The average molecular weight is 169 g/mol. The molecule has 1 aliphatic rings. The SMILES string of the molecule is N[C@@H]1[C@H](C(=O)O)[C@H]1C(F)(F)F. The molecule has 1 fully saturated rings. The molecule has 0 aromatic carbocycles. The summed E-state index contributed by atoms with van der Waals surface area (Å²) in [6, 6.07) is -1.26. The van der Waals surface area contributed by atoms with E-state index in [0.717, 1.165) is 0 Å². The largest absolute Gasteiger partial charge is 0.481 e. The van der Waals surface area contributed by atoms with Crippen LogP contribution in [-0.2, 0) is 4.79 Å². The molecule has 0 radical (unpaired) electrons. The quantitative estimate of drug-likeness (QED) is 0.589. The van der Waals surface area contributed by atoms with Crippen molar-refractivity contribution in [2.45, 2.75) is 12.2 Å². The van der Waals surface area contributed by atoms with Gasteiger partial charge in [-0.05, 0) is 0 Å². The molecule has 0 heterocycles. The molecule has 1 saturated carbocycles. The summed E-state index contributed by atoms with van der Waals surface area (Å²) >= 11 is 0. The standard InChI is InChI=1S/C5H6F3NO2/c6-5(7,8)2-1(3(2)9)4(10)11/h1-3H,9H2,(H,10,11)/t1-,2-,3-/m1/s1. The van der Waals surface area contributed by atoms with Crippen LogP contribution in [0.3, 0.4) is 0 Å². The van der Waals surface area contributed by atoms with Gasteiger partial charge in [-0.2, -0.15) is 13.2 Å². The molecule has 1 rings (SSSR count).